The number of nitrogens with zero attached hydrogens (tertiary/aromatic N) is 2. The van der Waals surface area contributed by atoms with Crippen molar-refractivity contribution in [2.45, 2.75) is 13.0 Å². The summed E-state index contributed by atoms with van der Waals surface area (Å²) in [6.07, 6.45) is 1.69. The molecule has 0 saturated carbocycles. The van der Waals surface area contributed by atoms with Crippen molar-refractivity contribution in [1.29, 1.82) is 0 Å². The van der Waals surface area contributed by atoms with Crippen molar-refractivity contribution in [3.05, 3.63) is 39.8 Å². The molecular formula is C16H16IN3O4. The van der Waals surface area contributed by atoms with Crippen LogP contribution >= 0.6 is 22.6 Å². The molecule has 24 heavy (non-hydrogen) atoms. The lowest BCUT2D eigenvalue weighted by molar-refractivity contribution is -0.152. The minimum atomic E-state index is -0.466. The normalized spacial score (nSPS) is 18.2. The highest BCUT2D eigenvalue weighted by molar-refractivity contribution is 14.1. The molecule has 126 valence electrons. The van der Waals surface area contributed by atoms with Crippen molar-refractivity contribution in [1.82, 2.24) is 15.4 Å². The van der Waals surface area contributed by atoms with Crippen LogP contribution in [0, 0.1) is 9.49 Å². The number of rotatable bonds is 4. The summed E-state index contributed by atoms with van der Waals surface area (Å²) in [7, 11) is 1.32. The summed E-state index contributed by atoms with van der Waals surface area (Å²) in [6, 6.07) is 7.83. The number of hydrazine groups is 1. The molecule has 1 atom stereocenters. The summed E-state index contributed by atoms with van der Waals surface area (Å²) in [6.45, 7) is 0.733. The Bertz CT molecular complexity index is 744. The van der Waals surface area contributed by atoms with Gasteiger partial charge in [-0.2, -0.15) is 0 Å². The van der Waals surface area contributed by atoms with Crippen LogP contribution in [0.4, 0.5) is 0 Å². The van der Waals surface area contributed by atoms with Crippen LogP contribution in [0.1, 0.15) is 12.1 Å². The number of nitrogens with one attached hydrogen (secondary N) is 1. The lowest BCUT2D eigenvalue weighted by atomic mass is 10.0. The molecule has 1 aliphatic rings. The zero-order valence-electron chi connectivity index (χ0n) is 13.0. The van der Waals surface area contributed by atoms with Crippen LogP contribution in [-0.2, 0) is 20.9 Å². The number of halogens is 1. The smallest absolute Gasteiger partial charge is 0.310 e. The SMILES string of the molecule is COC(=O)[C@H]1CC(=O)NN(Cc2coc(-c3ccc(I)cc3)n2)C1. The Morgan fingerprint density at radius 3 is 2.92 bits per heavy atom. The third-order valence-corrected chi connectivity index (χ3v) is 4.40. The molecule has 0 unspecified atom stereocenters. The number of benzene rings is 1. The molecule has 1 amide bonds. The highest BCUT2D eigenvalue weighted by Gasteiger charge is 2.31. The Kier molecular flexibility index (Phi) is 5.14. The van der Waals surface area contributed by atoms with E-state index in [1.54, 1.807) is 11.3 Å². The molecule has 0 bridgehead atoms. The molecule has 1 aromatic heterocycles. The van der Waals surface area contributed by atoms with E-state index < -0.39 is 5.92 Å². The molecule has 0 radical (unpaired) electrons. The second-order valence-electron chi connectivity index (χ2n) is 5.49. The molecule has 8 heteroatoms. The number of carbonyl (C=O) groups is 2. The maximum absolute atomic E-state index is 11.7. The van der Waals surface area contributed by atoms with Gasteiger partial charge >= 0.3 is 5.97 Å². The fourth-order valence-corrected chi connectivity index (χ4v) is 2.91. The number of ether oxygens (including phenoxy) is 1. The molecule has 1 aliphatic heterocycles. The van der Waals surface area contributed by atoms with Crippen molar-refractivity contribution in [2.24, 2.45) is 5.92 Å². The van der Waals surface area contributed by atoms with Gasteiger partial charge in [0.25, 0.3) is 0 Å². The topological polar surface area (TPSA) is 84.7 Å². The fourth-order valence-electron chi connectivity index (χ4n) is 2.55. The number of amides is 1. The molecule has 0 aliphatic carbocycles. The summed E-state index contributed by atoms with van der Waals surface area (Å²) < 4.78 is 11.4. The van der Waals surface area contributed by atoms with Crippen LogP contribution in [0.5, 0.6) is 0 Å². The van der Waals surface area contributed by atoms with E-state index in [-0.39, 0.29) is 18.3 Å². The van der Waals surface area contributed by atoms with Crippen LogP contribution in [-0.4, -0.2) is 35.5 Å². The lowest BCUT2D eigenvalue weighted by Gasteiger charge is -2.30. The van der Waals surface area contributed by atoms with Gasteiger partial charge in [0.05, 0.1) is 25.3 Å². The lowest BCUT2D eigenvalue weighted by Crippen LogP contribution is -2.51. The van der Waals surface area contributed by atoms with Gasteiger partial charge in [-0.3, -0.25) is 15.0 Å². The van der Waals surface area contributed by atoms with E-state index in [9.17, 15) is 9.59 Å². The summed E-state index contributed by atoms with van der Waals surface area (Å²) in [5, 5.41) is 1.66. The minimum Gasteiger partial charge on any atom is -0.469 e. The number of hydrogen-bond acceptors (Lipinski definition) is 6. The summed E-state index contributed by atoms with van der Waals surface area (Å²) in [5.74, 6) is -0.534. The fraction of sp³-hybridized carbons (Fsp3) is 0.312. The van der Waals surface area contributed by atoms with Gasteiger partial charge in [0.2, 0.25) is 11.8 Å². The van der Waals surface area contributed by atoms with E-state index >= 15 is 0 Å². The van der Waals surface area contributed by atoms with Crippen LogP contribution in [0.15, 0.2) is 34.9 Å². The maximum atomic E-state index is 11.7. The van der Waals surface area contributed by atoms with Crippen LogP contribution < -0.4 is 5.43 Å². The summed E-state index contributed by atoms with van der Waals surface area (Å²) >= 11 is 2.23. The van der Waals surface area contributed by atoms with Gasteiger partial charge in [-0.05, 0) is 46.9 Å². The number of aromatic nitrogens is 1. The zero-order chi connectivity index (χ0) is 17.1. The first-order chi connectivity index (χ1) is 11.5. The number of carbonyl (C=O) groups excluding carboxylic acids is 2. The van der Waals surface area contributed by atoms with E-state index in [1.165, 1.54) is 7.11 Å². The largest absolute Gasteiger partial charge is 0.469 e. The third kappa shape index (κ3) is 3.93. The highest BCUT2D eigenvalue weighted by Crippen LogP contribution is 2.21. The Morgan fingerprint density at radius 1 is 1.46 bits per heavy atom. The molecule has 3 rings (SSSR count). The second kappa shape index (κ2) is 7.31. The first-order valence-corrected chi connectivity index (χ1v) is 8.45. The summed E-state index contributed by atoms with van der Waals surface area (Å²) in [4.78, 5) is 27.9. The van der Waals surface area contributed by atoms with Gasteiger partial charge in [-0.1, -0.05) is 0 Å². The van der Waals surface area contributed by atoms with E-state index in [0.29, 0.717) is 24.7 Å². The quantitative estimate of drug-likeness (QED) is 0.577. The molecule has 1 saturated heterocycles. The number of methoxy groups -OCH3 is 1. The molecule has 1 fully saturated rings. The van der Waals surface area contributed by atoms with Gasteiger partial charge in [-0.15, -0.1) is 0 Å². The van der Waals surface area contributed by atoms with Gasteiger partial charge in [0, 0.05) is 22.1 Å². The number of oxazole rings is 1. The van der Waals surface area contributed by atoms with Crippen molar-refractivity contribution < 1.29 is 18.7 Å². The number of esters is 1. The standard InChI is InChI=1S/C16H16IN3O4/c1-23-16(22)11-6-14(21)19-20(7-11)8-13-9-24-15(18-13)10-2-4-12(17)5-3-10/h2-5,9,11H,6-8H2,1H3,(H,19,21)/t11-/m0/s1. The average molecular weight is 441 g/mol. The monoisotopic (exact) mass is 441 g/mol. The second-order valence-corrected chi connectivity index (χ2v) is 6.74. The van der Waals surface area contributed by atoms with Gasteiger partial charge < -0.3 is 9.15 Å². The molecule has 2 heterocycles. The maximum Gasteiger partial charge on any atom is 0.310 e. The van der Waals surface area contributed by atoms with Gasteiger partial charge in [0.1, 0.15) is 6.26 Å². The Morgan fingerprint density at radius 2 is 2.21 bits per heavy atom. The van der Waals surface area contributed by atoms with Crippen molar-refractivity contribution in [3.8, 4) is 11.5 Å². The van der Waals surface area contributed by atoms with E-state index in [2.05, 4.69) is 33.0 Å². The van der Waals surface area contributed by atoms with Crippen LogP contribution in [0.3, 0.4) is 0 Å². The molecule has 1 aromatic carbocycles. The highest BCUT2D eigenvalue weighted by atomic mass is 127. The molecule has 2 aromatic rings. The van der Waals surface area contributed by atoms with E-state index in [4.69, 9.17) is 9.15 Å². The Balaban J connectivity index is 1.68. The predicted octanol–water partition coefficient (Wildman–Crippen LogP) is 1.97. The van der Waals surface area contributed by atoms with Crippen LogP contribution in [0.2, 0.25) is 0 Å². The van der Waals surface area contributed by atoms with Crippen LogP contribution in [0.25, 0.3) is 11.5 Å². The Labute approximate surface area is 152 Å². The number of hydrogen-bond donors (Lipinski definition) is 1. The molecule has 7 nitrogen and oxygen atoms in total. The van der Waals surface area contributed by atoms with Gasteiger partial charge in [0.15, 0.2) is 0 Å². The Hall–Kier alpha value is -1.94. The third-order valence-electron chi connectivity index (χ3n) is 3.69. The molecule has 1 N–H and O–H groups in total. The van der Waals surface area contributed by atoms with E-state index in [0.717, 1.165) is 9.13 Å². The van der Waals surface area contributed by atoms with Crippen molar-refractivity contribution >= 4 is 34.5 Å². The van der Waals surface area contributed by atoms with E-state index in [1.807, 2.05) is 24.3 Å². The molecule has 0 spiro atoms. The molecular weight excluding hydrogens is 425 g/mol. The minimum absolute atomic E-state index is 0.135. The zero-order valence-corrected chi connectivity index (χ0v) is 15.1. The summed E-state index contributed by atoms with van der Waals surface area (Å²) in [5.41, 5.74) is 4.30. The van der Waals surface area contributed by atoms with Gasteiger partial charge in [-0.25, -0.2) is 9.99 Å². The average Bonchev–Trinajstić information content (AvgIpc) is 3.02. The predicted molar refractivity (Wildman–Crippen MR) is 93.3 cm³/mol. The first kappa shape index (κ1) is 16.9. The van der Waals surface area contributed by atoms with Crippen molar-refractivity contribution in [2.75, 3.05) is 13.7 Å². The van der Waals surface area contributed by atoms with Crippen molar-refractivity contribution in [3.63, 3.8) is 0 Å². The first-order valence-electron chi connectivity index (χ1n) is 7.38.